The summed E-state index contributed by atoms with van der Waals surface area (Å²) in [4.78, 5) is 15.5. The number of sulfonamides is 1. The molecule has 0 aliphatic heterocycles. The number of hydrogen-bond donors (Lipinski definition) is 0. The van der Waals surface area contributed by atoms with Gasteiger partial charge < -0.3 is 4.90 Å². The monoisotopic (exact) mass is 450 g/mol. The van der Waals surface area contributed by atoms with E-state index >= 15 is 0 Å². The Morgan fingerprint density at radius 1 is 0.844 bits per heavy atom. The van der Waals surface area contributed by atoms with Crippen LogP contribution in [-0.2, 0) is 27.9 Å². The molecule has 0 aliphatic rings. The Bertz CT molecular complexity index is 1120. The van der Waals surface area contributed by atoms with Crippen molar-refractivity contribution in [2.45, 2.75) is 39.9 Å². The molecular formula is C26H30N2O3S. The number of anilines is 1. The van der Waals surface area contributed by atoms with E-state index in [0.29, 0.717) is 18.8 Å². The lowest BCUT2D eigenvalue weighted by molar-refractivity contribution is -0.133. The average Bonchev–Trinajstić information content (AvgIpc) is 2.76. The van der Waals surface area contributed by atoms with Crippen molar-refractivity contribution in [2.24, 2.45) is 0 Å². The van der Waals surface area contributed by atoms with E-state index in [0.717, 1.165) is 28.5 Å². The fourth-order valence-corrected chi connectivity index (χ4v) is 5.03. The Morgan fingerprint density at radius 3 is 1.81 bits per heavy atom. The summed E-state index contributed by atoms with van der Waals surface area (Å²) in [7, 11) is -3.69. The van der Waals surface area contributed by atoms with Gasteiger partial charge in [-0.05, 0) is 49.1 Å². The third kappa shape index (κ3) is 5.77. The van der Waals surface area contributed by atoms with Crippen LogP contribution in [0.25, 0.3) is 0 Å². The predicted octanol–water partition coefficient (Wildman–Crippen LogP) is 4.69. The van der Waals surface area contributed by atoms with Crippen LogP contribution in [0.4, 0.5) is 5.69 Å². The van der Waals surface area contributed by atoms with Gasteiger partial charge in [-0.15, -0.1) is 0 Å². The van der Waals surface area contributed by atoms with Gasteiger partial charge in [0.1, 0.15) is 6.04 Å². The molecule has 0 radical (unpaired) electrons. The molecule has 0 saturated heterocycles. The molecule has 3 aromatic rings. The van der Waals surface area contributed by atoms with Crippen molar-refractivity contribution in [3.05, 3.63) is 101 Å². The number of hydrogen-bond acceptors (Lipinski definition) is 3. The molecule has 0 heterocycles. The number of carbonyl (C=O) groups is 1. The first kappa shape index (κ1) is 23.5. The van der Waals surface area contributed by atoms with E-state index in [9.17, 15) is 13.2 Å². The Kier molecular flexibility index (Phi) is 7.36. The van der Waals surface area contributed by atoms with Crippen LogP contribution in [0, 0.1) is 13.8 Å². The number of amides is 1. The van der Waals surface area contributed by atoms with Gasteiger partial charge in [0.05, 0.1) is 11.9 Å². The van der Waals surface area contributed by atoms with Crippen LogP contribution < -0.4 is 4.31 Å². The molecule has 32 heavy (non-hydrogen) atoms. The zero-order valence-electron chi connectivity index (χ0n) is 19.0. The molecule has 1 atom stereocenters. The summed E-state index contributed by atoms with van der Waals surface area (Å²) in [5.41, 5.74) is 4.25. The lowest BCUT2D eigenvalue weighted by Crippen LogP contribution is -2.49. The Morgan fingerprint density at radius 2 is 1.34 bits per heavy atom. The van der Waals surface area contributed by atoms with Gasteiger partial charge in [-0.1, -0.05) is 72.8 Å². The molecule has 0 saturated carbocycles. The van der Waals surface area contributed by atoms with Crippen molar-refractivity contribution in [1.82, 2.24) is 4.90 Å². The minimum absolute atomic E-state index is 0.246. The van der Waals surface area contributed by atoms with Crippen LogP contribution in [0.5, 0.6) is 0 Å². The molecule has 0 aromatic heterocycles. The summed E-state index contributed by atoms with van der Waals surface area (Å²) in [5.74, 6) is -0.246. The van der Waals surface area contributed by atoms with E-state index in [1.807, 2.05) is 92.7 Å². The zero-order chi connectivity index (χ0) is 23.3. The van der Waals surface area contributed by atoms with E-state index in [2.05, 4.69) is 0 Å². The van der Waals surface area contributed by atoms with Gasteiger partial charge >= 0.3 is 0 Å². The summed E-state index contributed by atoms with van der Waals surface area (Å²) >= 11 is 0. The molecule has 0 fully saturated rings. The Labute approximate surface area is 191 Å². The molecule has 6 heteroatoms. The highest BCUT2D eigenvalue weighted by Crippen LogP contribution is 2.27. The normalized spacial score (nSPS) is 12.2. The van der Waals surface area contributed by atoms with Crippen LogP contribution in [-0.4, -0.2) is 31.5 Å². The van der Waals surface area contributed by atoms with Gasteiger partial charge in [-0.25, -0.2) is 8.42 Å². The quantitative estimate of drug-likeness (QED) is 0.500. The largest absolute Gasteiger partial charge is 0.332 e. The number of rotatable bonds is 8. The third-order valence-corrected chi connectivity index (χ3v) is 6.64. The average molecular weight is 451 g/mol. The molecule has 3 aromatic carbocycles. The maximum Gasteiger partial charge on any atom is 0.246 e. The molecule has 0 N–H and O–H groups in total. The molecule has 5 nitrogen and oxygen atoms in total. The maximum absolute atomic E-state index is 13.7. The molecule has 0 unspecified atom stereocenters. The van der Waals surface area contributed by atoms with Crippen molar-refractivity contribution in [2.75, 3.05) is 10.6 Å². The molecule has 0 aliphatic carbocycles. The van der Waals surface area contributed by atoms with E-state index in [4.69, 9.17) is 0 Å². The van der Waals surface area contributed by atoms with E-state index in [1.54, 1.807) is 11.8 Å². The maximum atomic E-state index is 13.7. The van der Waals surface area contributed by atoms with Crippen LogP contribution in [0.15, 0.2) is 78.9 Å². The fourth-order valence-electron chi connectivity index (χ4n) is 3.82. The SMILES string of the molecule is Cc1ccc(C)c(N([C@@H](C)C(=O)N(Cc2ccccc2)Cc2ccccc2)S(C)(=O)=O)c1. The van der Waals surface area contributed by atoms with Gasteiger partial charge in [0.15, 0.2) is 0 Å². The topological polar surface area (TPSA) is 57.7 Å². The lowest BCUT2D eigenvalue weighted by atomic mass is 10.1. The first-order chi connectivity index (χ1) is 15.2. The van der Waals surface area contributed by atoms with Gasteiger partial charge in [-0.2, -0.15) is 0 Å². The number of nitrogens with zero attached hydrogens (tertiary/aromatic N) is 2. The van der Waals surface area contributed by atoms with Crippen molar-refractivity contribution < 1.29 is 13.2 Å². The summed E-state index contributed by atoms with van der Waals surface area (Å²) in [6, 6.07) is 24.2. The predicted molar refractivity (Wildman–Crippen MR) is 130 cm³/mol. The fraction of sp³-hybridized carbons (Fsp3) is 0.269. The van der Waals surface area contributed by atoms with E-state index < -0.39 is 16.1 Å². The Balaban J connectivity index is 1.99. The molecule has 0 bridgehead atoms. The van der Waals surface area contributed by atoms with Gasteiger partial charge in [0.25, 0.3) is 0 Å². The minimum atomic E-state index is -3.69. The van der Waals surface area contributed by atoms with Gasteiger partial charge in [0, 0.05) is 13.1 Å². The number of benzene rings is 3. The standard InChI is InChI=1S/C26H30N2O3S/c1-20-15-16-21(2)25(17-20)28(32(4,30)31)22(3)26(29)27(18-23-11-7-5-8-12-23)19-24-13-9-6-10-14-24/h5-17,22H,18-19H2,1-4H3/t22-/m0/s1. The Hall–Kier alpha value is -3.12. The van der Waals surface area contributed by atoms with E-state index in [-0.39, 0.29) is 5.91 Å². The zero-order valence-corrected chi connectivity index (χ0v) is 19.8. The summed E-state index contributed by atoms with van der Waals surface area (Å²) < 4.78 is 26.9. The first-order valence-electron chi connectivity index (χ1n) is 10.6. The number of carbonyl (C=O) groups excluding carboxylic acids is 1. The number of aryl methyl sites for hydroxylation is 2. The van der Waals surface area contributed by atoms with E-state index in [1.165, 1.54) is 4.31 Å². The third-order valence-electron chi connectivity index (χ3n) is 5.41. The van der Waals surface area contributed by atoms with Crippen molar-refractivity contribution in [1.29, 1.82) is 0 Å². The first-order valence-corrected chi connectivity index (χ1v) is 12.4. The molecule has 0 spiro atoms. The van der Waals surface area contributed by atoms with Crippen molar-refractivity contribution in [3.8, 4) is 0 Å². The summed E-state index contributed by atoms with van der Waals surface area (Å²) in [5, 5.41) is 0. The smallest absolute Gasteiger partial charge is 0.246 e. The van der Waals surface area contributed by atoms with Crippen molar-refractivity contribution >= 4 is 21.6 Å². The molecule has 1 amide bonds. The van der Waals surface area contributed by atoms with Crippen LogP contribution in [0.1, 0.15) is 29.2 Å². The second-order valence-electron chi connectivity index (χ2n) is 8.19. The van der Waals surface area contributed by atoms with Crippen LogP contribution in [0.3, 0.4) is 0 Å². The second-order valence-corrected chi connectivity index (χ2v) is 10.0. The molecule has 168 valence electrons. The van der Waals surface area contributed by atoms with Crippen LogP contribution in [0.2, 0.25) is 0 Å². The minimum Gasteiger partial charge on any atom is -0.332 e. The van der Waals surface area contributed by atoms with Gasteiger partial charge in [-0.3, -0.25) is 9.10 Å². The summed E-state index contributed by atoms with van der Waals surface area (Å²) in [6.45, 7) is 6.21. The lowest BCUT2D eigenvalue weighted by Gasteiger charge is -2.34. The van der Waals surface area contributed by atoms with Crippen LogP contribution >= 0.6 is 0 Å². The van der Waals surface area contributed by atoms with Crippen molar-refractivity contribution in [3.63, 3.8) is 0 Å². The molecule has 3 rings (SSSR count). The second kappa shape index (κ2) is 10.0. The highest BCUT2D eigenvalue weighted by atomic mass is 32.2. The highest BCUT2D eigenvalue weighted by molar-refractivity contribution is 7.92. The highest BCUT2D eigenvalue weighted by Gasteiger charge is 2.33. The molecular weight excluding hydrogens is 420 g/mol. The summed E-state index contributed by atoms with van der Waals surface area (Å²) in [6.07, 6.45) is 1.15. The van der Waals surface area contributed by atoms with Gasteiger partial charge in [0.2, 0.25) is 15.9 Å².